The highest BCUT2D eigenvalue weighted by atomic mass is 16.5. The Bertz CT molecular complexity index is 921. The molecule has 3 heterocycles. The van der Waals surface area contributed by atoms with Crippen LogP contribution < -0.4 is 0 Å². The minimum absolute atomic E-state index is 0.0380. The van der Waals surface area contributed by atoms with Crippen LogP contribution in [-0.2, 0) is 0 Å². The van der Waals surface area contributed by atoms with Crippen molar-refractivity contribution in [2.24, 2.45) is 0 Å². The third kappa shape index (κ3) is 2.99. The molecule has 1 amide bonds. The SMILES string of the molecule is Cc1cc(C)c2ccc(C(=O)N3CCC[C@H](c4ncon4)C3)cc2n1. The van der Waals surface area contributed by atoms with Crippen molar-refractivity contribution in [2.45, 2.75) is 32.6 Å². The topological polar surface area (TPSA) is 72.1 Å². The number of rotatable bonds is 2. The minimum Gasteiger partial charge on any atom is -0.343 e. The van der Waals surface area contributed by atoms with Gasteiger partial charge >= 0.3 is 0 Å². The first-order chi connectivity index (χ1) is 12.1. The Labute approximate surface area is 145 Å². The second-order valence-electron chi connectivity index (χ2n) is 6.69. The quantitative estimate of drug-likeness (QED) is 0.718. The van der Waals surface area contributed by atoms with E-state index in [4.69, 9.17) is 4.52 Å². The van der Waals surface area contributed by atoms with Gasteiger partial charge in [-0.1, -0.05) is 11.2 Å². The molecular formula is C19H20N4O2. The van der Waals surface area contributed by atoms with Gasteiger partial charge in [-0.15, -0.1) is 0 Å². The van der Waals surface area contributed by atoms with E-state index in [1.165, 1.54) is 12.0 Å². The highest BCUT2D eigenvalue weighted by molar-refractivity contribution is 5.98. The van der Waals surface area contributed by atoms with Crippen LogP contribution in [-0.4, -0.2) is 39.0 Å². The predicted octanol–water partition coefficient (Wildman–Crippen LogP) is 3.25. The molecule has 25 heavy (non-hydrogen) atoms. The summed E-state index contributed by atoms with van der Waals surface area (Å²) in [4.78, 5) is 23.6. The number of carbonyl (C=O) groups is 1. The van der Waals surface area contributed by atoms with E-state index < -0.39 is 0 Å². The van der Waals surface area contributed by atoms with Gasteiger partial charge in [0.05, 0.1) is 5.52 Å². The maximum Gasteiger partial charge on any atom is 0.253 e. The van der Waals surface area contributed by atoms with Gasteiger partial charge in [-0.25, -0.2) is 0 Å². The van der Waals surface area contributed by atoms with Crippen LogP contribution in [0.2, 0.25) is 0 Å². The van der Waals surface area contributed by atoms with E-state index in [1.54, 1.807) is 0 Å². The Hall–Kier alpha value is -2.76. The molecule has 1 saturated heterocycles. The number of likely N-dealkylation sites (tertiary alicyclic amines) is 1. The number of benzene rings is 1. The number of nitrogens with zero attached hydrogens (tertiary/aromatic N) is 4. The number of hydrogen-bond donors (Lipinski definition) is 0. The summed E-state index contributed by atoms with van der Waals surface area (Å²) in [6, 6.07) is 7.84. The summed E-state index contributed by atoms with van der Waals surface area (Å²) in [6.45, 7) is 5.42. The summed E-state index contributed by atoms with van der Waals surface area (Å²) in [5.41, 5.74) is 3.69. The van der Waals surface area contributed by atoms with Gasteiger partial charge in [0.15, 0.2) is 5.82 Å². The summed E-state index contributed by atoms with van der Waals surface area (Å²) in [5.74, 6) is 0.861. The van der Waals surface area contributed by atoms with E-state index in [2.05, 4.69) is 28.1 Å². The molecule has 1 atom stereocenters. The zero-order valence-corrected chi connectivity index (χ0v) is 14.4. The van der Waals surface area contributed by atoms with E-state index in [0.717, 1.165) is 36.0 Å². The van der Waals surface area contributed by atoms with Crippen molar-refractivity contribution in [3.63, 3.8) is 0 Å². The van der Waals surface area contributed by atoms with Crippen molar-refractivity contribution < 1.29 is 9.32 Å². The highest BCUT2D eigenvalue weighted by Gasteiger charge is 2.28. The number of piperidine rings is 1. The van der Waals surface area contributed by atoms with Gasteiger partial charge in [0.25, 0.3) is 5.91 Å². The summed E-state index contributed by atoms with van der Waals surface area (Å²) in [5, 5.41) is 5.02. The molecule has 1 aromatic carbocycles. The van der Waals surface area contributed by atoms with Gasteiger partial charge in [0.1, 0.15) is 0 Å². The van der Waals surface area contributed by atoms with E-state index in [9.17, 15) is 4.79 Å². The Balaban J connectivity index is 1.61. The number of carbonyl (C=O) groups excluding carboxylic acids is 1. The van der Waals surface area contributed by atoms with Gasteiger partial charge in [-0.05, 0) is 50.5 Å². The molecule has 6 nitrogen and oxygen atoms in total. The molecule has 3 aromatic rings. The van der Waals surface area contributed by atoms with Crippen LogP contribution in [0.3, 0.4) is 0 Å². The first-order valence-corrected chi connectivity index (χ1v) is 8.55. The lowest BCUT2D eigenvalue weighted by atomic mass is 9.96. The second-order valence-corrected chi connectivity index (χ2v) is 6.69. The fourth-order valence-electron chi connectivity index (χ4n) is 3.62. The summed E-state index contributed by atoms with van der Waals surface area (Å²) < 4.78 is 4.85. The van der Waals surface area contributed by atoms with Crippen molar-refractivity contribution in [3.8, 4) is 0 Å². The monoisotopic (exact) mass is 336 g/mol. The van der Waals surface area contributed by atoms with Crippen LogP contribution in [0.15, 0.2) is 35.2 Å². The van der Waals surface area contributed by atoms with Crippen LogP contribution in [0.1, 0.15) is 46.2 Å². The lowest BCUT2D eigenvalue weighted by Gasteiger charge is -2.31. The maximum absolute atomic E-state index is 13.0. The van der Waals surface area contributed by atoms with Gasteiger partial charge in [0.2, 0.25) is 6.39 Å². The van der Waals surface area contributed by atoms with E-state index in [0.29, 0.717) is 17.9 Å². The van der Waals surface area contributed by atoms with Crippen molar-refractivity contribution in [1.29, 1.82) is 0 Å². The van der Waals surface area contributed by atoms with Crippen molar-refractivity contribution in [3.05, 3.63) is 53.3 Å². The number of fused-ring (bicyclic) bond motifs is 1. The Morgan fingerprint density at radius 1 is 1.28 bits per heavy atom. The number of hydrogen-bond acceptors (Lipinski definition) is 5. The van der Waals surface area contributed by atoms with Gasteiger partial charge in [0, 0.05) is 35.7 Å². The molecule has 0 saturated carbocycles. The van der Waals surface area contributed by atoms with Crippen LogP contribution in [0.4, 0.5) is 0 Å². The van der Waals surface area contributed by atoms with Crippen LogP contribution in [0.25, 0.3) is 10.9 Å². The van der Waals surface area contributed by atoms with E-state index in [1.807, 2.05) is 30.0 Å². The minimum atomic E-state index is 0.0380. The molecule has 0 radical (unpaired) electrons. The molecule has 6 heteroatoms. The predicted molar refractivity (Wildman–Crippen MR) is 93.4 cm³/mol. The normalized spacial score (nSPS) is 17.8. The fraction of sp³-hybridized carbons (Fsp3) is 0.368. The lowest BCUT2D eigenvalue weighted by Crippen LogP contribution is -2.39. The first kappa shape index (κ1) is 15.7. The molecule has 0 spiro atoms. The summed E-state index contributed by atoms with van der Waals surface area (Å²) in [7, 11) is 0. The summed E-state index contributed by atoms with van der Waals surface area (Å²) in [6.07, 6.45) is 3.26. The van der Waals surface area contributed by atoms with Crippen molar-refractivity contribution in [1.82, 2.24) is 20.0 Å². The van der Waals surface area contributed by atoms with Crippen molar-refractivity contribution >= 4 is 16.8 Å². The molecular weight excluding hydrogens is 316 g/mol. The number of aromatic nitrogens is 3. The number of amides is 1. The van der Waals surface area contributed by atoms with E-state index in [-0.39, 0.29) is 11.8 Å². The smallest absolute Gasteiger partial charge is 0.253 e. The summed E-state index contributed by atoms with van der Waals surface area (Å²) >= 11 is 0. The Kier molecular flexibility index (Phi) is 3.95. The zero-order chi connectivity index (χ0) is 17.4. The largest absolute Gasteiger partial charge is 0.343 e. The van der Waals surface area contributed by atoms with Gasteiger partial charge in [-0.3, -0.25) is 9.78 Å². The van der Waals surface area contributed by atoms with Gasteiger partial charge < -0.3 is 9.42 Å². The van der Waals surface area contributed by atoms with Crippen LogP contribution in [0.5, 0.6) is 0 Å². The fourth-order valence-corrected chi connectivity index (χ4v) is 3.62. The number of pyridine rings is 1. The number of aryl methyl sites for hydroxylation is 2. The molecule has 2 aromatic heterocycles. The molecule has 1 fully saturated rings. The highest BCUT2D eigenvalue weighted by Crippen LogP contribution is 2.26. The van der Waals surface area contributed by atoms with Crippen molar-refractivity contribution in [2.75, 3.05) is 13.1 Å². The third-order valence-electron chi connectivity index (χ3n) is 4.84. The lowest BCUT2D eigenvalue weighted by molar-refractivity contribution is 0.0703. The van der Waals surface area contributed by atoms with E-state index >= 15 is 0 Å². The molecule has 4 rings (SSSR count). The maximum atomic E-state index is 13.0. The molecule has 0 N–H and O–H groups in total. The van der Waals surface area contributed by atoms with Crippen LogP contribution in [0, 0.1) is 13.8 Å². The third-order valence-corrected chi connectivity index (χ3v) is 4.84. The molecule has 128 valence electrons. The molecule has 0 bridgehead atoms. The molecule has 1 aliphatic rings. The first-order valence-electron chi connectivity index (χ1n) is 8.55. The Morgan fingerprint density at radius 3 is 2.96 bits per heavy atom. The average molecular weight is 336 g/mol. The average Bonchev–Trinajstić information content (AvgIpc) is 3.15. The molecule has 0 aliphatic carbocycles. The second kappa shape index (κ2) is 6.27. The Morgan fingerprint density at radius 2 is 2.16 bits per heavy atom. The standard InChI is InChI=1S/C19H20N4O2/c1-12-8-13(2)21-17-9-14(5-6-16(12)17)19(24)23-7-3-4-15(10-23)18-20-11-25-22-18/h5-6,8-9,11,15H,3-4,7,10H2,1-2H3/t15-/m0/s1. The van der Waals surface area contributed by atoms with Crippen LogP contribution >= 0.6 is 0 Å². The molecule has 0 unspecified atom stereocenters. The molecule has 1 aliphatic heterocycles. The zero-order valence-electron chi connectivity index (χ0n) is 14.4. The van der Waals surface area contributed by atoms with Gasteiger partial charge in [-0.2, -0.15) is 4.98 Å².